The second kappa shape index (κ2) is 17.5. The van der Waals surface area contributed by atoms with Crippen LogP contribution in [-0.2, 0) is 27.2 Å². The molecule has 0 fully saturated rings. The van der Waals surface area contributed by atoms with E-state index in [4.69, 9.17) is 27.9 Å². The van der Waals surface area contributed by atoms with Crippen molar-refractivity contribution in [1.82, 2.24) is 5.32 Å². The number of hydrogen-bond donors (Lipinski definition) is 3. The molecule has 1 aliphatic carbocycles. The summed E-state index contributed by atoms with van der Waals surface area (Å²) in [5, 5.41) is 9.77. The molecule has 0 atom stereocenters. The summed E-state index contributed by atoms with van der Waals surface area (Å²) in [5.74, 6) is -1.62. The van der Waals surface area contributed by atoms with Gasteiger partial charge in [-0.05, 0) is 92.3 Å². The van der Waals surface area contributed by atoms with E-state index in [2.05, 4.69) is 16.0 Å². The Balaban J connectivity index is 1.28. The molecule has 1 aromatic heterocycles. The van der Waals surface area contributed by atoms with Crippen LogP contribution >= 0.6 is 46.3 Å². The van der Waals surface area contributed by atoms with Crippen molar-refractivity contribution in [1.29, 1.82) is 0 Å². The summed E-state index contributed by atoms with van der Waals surface area (Å²) in [4.78, 5) is 54.5. The molecule has 0 radical (unpaired) electrons. The van der Waals surface area contributed by atoms with Crippen molar-refractivity contribution in [2.75, 3.05) is 23.0 Å². The highest BCUT2D eigenvalue weighted by Crippen LogP contribution is 2.38. The number of anilines is 2. The maximum Gasteiger partial charge on any atom is 0.341 e. The maximum atomic E-state index is 13.5. The topological polar surface area (TPSA) is 114 Å². The maximum absolute atomic E-state index is 13.5. The highest BCUT2D eigenvalue weighted by atomic mass is 35.5. The van der Waals surface area contributed by atoms with Crippen molar-refractivity contribution >= 4 is 86.8 Å². The van der Waals surface area contributed by atoms with E-state index in [-0.39, 0.29) is 24.0 Å². The van der Waals surface area contributed by atoms with Crippen LogP contribution in [-0.4, -0.2) is 36.1 Å². The molecule has 1 aliphatic rings. The summed E-state index contributed by atoms with van der Waals surface area (Å²) in [6, 6.07) is 20.4. The van der Waals surface area contributed by atoms with Crippen LogP contribution in [0.15, 0.2) is 83.4 Å². The van der Waals surface area contributed by atoms with Gasteiger partial charge < -0.3 is 20.7 Å². The van der Waals surface area contributed by atoms with Gasteiger partial charge in [0.25, 0.3) is 11.8 Å². The van der Waals surface area contributed by atoms with Gasteiger partial charge in [0.15, 0.2) is 0 Å². The van der Waals surface area contributed by atoms with E-state index in [0.717, 1.165) is 53.9 Å². The van der Waals surface area contributed by atoms with Gasteiger partial charge in [0.1, 0.15) is 10.7 Å². The summed E-state index contributed by atoms with van der Waals surface area (Å²) in [5.41, 5.74) is 2.78. The molecular weight excluding hydrogens is 701 g/mol. The van der Waals surface area contributed by atoms with Gasteiger partial charge in [-0.2, -0.15) is 0 Å². The highest BCUT2D eigenvalue weighted by Gasteiger charge is 2.26. The summed E-state index contributed by atoms with van der Waals surface area (Å²) in [6.45, 7) is 2.03. The minimum atomic E-state index is -0.574. The van der Waals surface area contributed by atoms with Crippen LogP contribution in [0.5, 0.6) is 0 Å². The first-order chi connectivity index (χ1) is 23.7. The molecule has 3 N–H and O–H groups in total. The predicted octanol–water partition coefficient (Wildman–Crippen LogP) is 9.03. The molecule has 254 valence electrons. The van der Waals surface area contributed by atoms with Crippen molar-refractivity contribution in [3.63, 3.8) is 0 Å². The third-order valence-corrected chi connectivity index (χ3v) is 10.4. The van der Waals surface area contributed by atoms with Crippen LogP contribution in [0.3, 0.4) is 0 Å². The standard InChI is InChI=1S/C37H35Cl2N3O5S2/c1-2-47-37(46)33-28-15-8-3-4-9-16-31(28)49-36(33)42-32(43)22-48-27-14-10-13-26(21-27)40-35(45)30(19-24-17-18-25(38)20-29(24)39)41-34(44)23-11-6-5-7-12-23/h5-7,10-14,17-21H,2-4,8-9,15-16,22H2,1H3,(H,40,45)(H,41,44)(H,42,43)/b30-19+. The van der Waals surface area contributed by atoms with Gasteiger partial charge in [0, 0.05) is 31.1 Å². The van der Waals surface area contributed by atoms with E-state index in [0.29, 0.717) is 37.4 Å². The number of thiophene rings is 1. The third kappa shape index (κ3) is 9.98. The molecule has 0 unspecified atom stereocenters. The van der Waals surface area contributed by atoms with E-state index < -0.39 is 17.8 Å². The number of ether oxygens (including phenoxy) is 1. The molecule has 0 saturated heterocycles. The number of fused-ring (bicyclic) bond motifs is 1. The summed E-state index contributed by atoms with van der Waals surface area (Å²) in [7, 11) is 0. The van der Waals surface area contributed by atoms with Gasteiger partial charge in [-0.3, -0.25) is 14.4 Å². The Morgan fingerprint density at radius 1 is 0.898 bits per heavy atom. The van der Waals surface area contributed by atoms with E-state index in [1.165, 1.54) is 29.2 Å². The first kappa shape index (κ1) is 36.2. The van der Waals surface area contributed by atoms with E-state index in [1.54, 1.807) is 73.7 Å². The van der Waals surface area contributed by atoms with Gasteiger partial charge >= 0.3 is 5.97 Å². The Bertz CT molecular complexity index is 1880. The van der Waals surface area contributed by atoms with Crippen LogP contribution in [0.4, 0.5) is 10.7 Å². The second-order valence-electron chi connectivity index (χ2n) is 11.2. The van der Waals surface area contributed by atoms with E-state index >= 15 is 0 Å². The van der Waals surface area contributed by atoms with Crippen molar-refractivity contribution in [2.24, 2.45) is 0 Å². The fourth-order valence-electron chi connectivity index (χ4n) is 5.32. The van der Waals surface area contributed by atoms with Crippen LogP contribution in [0, 0.1) is 0 Å². The van der Waals surface area contributed by atoms with Gasteiger partial charge in [0.05, 0.1) is 17.9 Å². The Morgan fingerprint density at radius 2 is 1.67 bits per heavy atom. The number of aryl methyl sites for hydroxylation is 1. The molecule has 8 nitrogen and oxygen atoms in total. The first-order valence-corrected chi connectivity index (χ1v) is 18.5. The normalized spacial score (nSPS) is 13.0. The number of halogens is 2. The monoisotopic (exact) mass is 735 g/mol. The van der Waals surface area contributed by atoms with Gasteiger partial charge in [-0.25, -0.2) is 4.79 Å². The Labute approximate surface area is 303 Å². The number of esters is 1. The number of nitrogens with one attached hydrogen (secondary N) is 3. The molecule has 3 aromatic carbocycles. The van der Waals surface area contributed by atoms with E-state index in [9.17, 15) is 19.2 Å². The van der Waals surface area contributed by atoms with Crippen molar-refractivity contribution < 1.29 is 23.9 Å². The van der Waals surface area contributed by atoms with Gasteiger partial charge in [0.2, 0.25) is 5.91 Å². The van der Waals surface area contributed by atoms with Gasteiger partial charge in [-0.15, -0.1) is 23.1 Å². The third-order valence-electron chi connectivity index (χ3n) is 7.66. The lowest BCUT2D eigenvalue weighted by atomic mass is 9.96. The second-order valence-corrected chi connectivity index (χ2v) is 14.2. The lowest BCUT2D eigenvalue weighted by Crippen LogP contribution is -2.30. The smallest absolute Gasteiger partial charge is 0.341 e. The molecule has 0 aliphatic heterocycles. The molecule has 0 spiro atoms. The summed E-state index contributed by atoms with van der Waals surface area (Å²) in [6.07, 6.45) is 7.48. The molecule has 3 amide bonds. The average molecular weight is 737 g/mol. The average Bonchev–Trinajstić information content (AvgIpc) is 3.40. The molecule has 49 heavy (non-hydrogen) atoms. The molecule has 0 bridgehead atoms. The minimum absolute atomic E-state index is 0.0297. The number of amides is 3. The number of rotatable bonds is 11. The SMILES string of the molecule is CCOC(=O)c1c(NC(=O)CSc2cccc(NC(=O)/C(=C\c3ccc(Cl)cc3Cl)NC(=O)c3ccccc3)c2)sc2c1CCCCCC2. The fourth-order valence-corrected chi connectivity index (χ4v) is 7.83. The van der Waals surface area contributed by atoms with Crippen LogP contribution in [0.2, 0.25) is 10.0 Å². The number of carbonyl (C=O) groups excluding carboxylic acids is 4. The zero-order chi connectivity index (χ0) is 34.8. The molecular formula is C37H35Cl2N3O5S2. The predicted molar refractivity (Wildman–Crippen MR) is 199 cm³/mol. The Hall–Kier alpha value is -4.09. The number of thioether (sulfide) groups is 1. The quantitative estimate of drug-likeness (QED) is 0.0805. The van der Waals surface area contributed by atoms with Crippen molar-refractivity contribution in [3.8, 4) is 0 Å². The zero-order valence-corrected chi connectivity index (χ0v) is 29.9. The molecule has 12 heteroatoms. The van der Waals surface area contributed by atoms with E-state index in [1.807, 2.05) is 6.07 Å². The molecule has 5 rings (SSSR count). The Kier molecular flexibility index (Phi) is 13.0. The lowest BCUT2D eigenvalue weighted by Gasteiger charge is -2.13. The van der Waals surface area contributed by atoms with Crippen LogP contribution < -0.4 is 16.0 Å². The van der Waals surface area contributed by atoms with Crippen molar-refractivity contribution in [2.45, 2.75) is 50.3 Å². The summed E-state index contributed by atoms with van der Waals surface area (Å²) >= 11 is 15.2. The number of carbonyl (C=O) groups is 4. The summed E-state index contributed by atoms with van der Waals surface area (Å²) < 4.78 is 5.36. The minimum Gasteiger partial charge on any atom is -0.462 e. The number of benzene rings is 3. The fraction of sp³-hybridized carbons (Fsp3) is 0.243. The molecule has 1 heterocycles. The molecule has 0 saturated carbocycles. The Morgan fingerprint density at radius 3 is 2.43 bits per heavy atom. The van der Waals surface area contributed by atoms with Crippen LogP contribution in [0.1, 0.15) is 69.3 Å². The lowest BCUT2D eigenvalue weighted by molar-refractivity contribution is -0.114. The number of hydrogen-bond acceptors (Lipinski definition) is 7. The molecule has 4 aromatic rings. The van der Waals surface area contributed by atoms with Gasteiger partial charge in [-0.1, -0.05) is 66.4 Å². The zero-order valence-electron chi connectivity index (χ0n) is 26.8. The largest absolute Gasteiger partial charge is 0.462 e. The highest BCUT2D eigenvalue weighted by molar-refractivity contribution is 8.00. The van der Waals surface area contributed by atoms with Crippen LogP contribution in [0.25, 0.3) is 6.08 Å². The first-order valence-electron chi connectivity index (χ1n) is 15.9. The van der Waals surface area contributed by atoms with Crippen molar-refractivity contribution in [3.05, 3.63) is 116 Å².